The molecule has 0 saturated heterocycles. The first-order valence-electron chi connectivity index (χ1n) is 2.68. The Hall–Kier alpha value is 0.254. The molecule has 1 atom stereocenters. The normalized spacial score (nSPS) is 23.0. The molecule has 1 rings (SSSR count). The minimum atomic E-state index is 0. The van der Waals surface area contributed by atoms with Crippen LogP contribution in [0.15, 0.2) is 29.4 Å². The smallest absolute Gasteiger partial charge is 0 e. The van der Waals surface area contributed by atoms with Crippen molar-refractivity contribution in [1.82, 2.24) is 0 Å². The van der Waals surface area contributed by atoms with Gasteiger partial charge in [0.15, 0.2) is 0 Å². The minimum absolute atomic E-state index is 0. The zero-order valence-corrected chi connectivity index (χ0v) is 8.25. The van der Waals surface area contributed by atoms with E-state index in [0.717, 1.165) is 0 Å². The van der Waals surface area contributed by atoms with Crippen molar-refractivity contribution in [3.05, 3.63) is 24.4 Å². The Kier molecular flexibility index (Phi) is 5.21. The van der Waals surface area contributed by atoms with Crippen molar-refractivity contribution in [2.24, 2.45) is 10.9 Å². The third-order valence-electron chi connectivity index (χ3n) is 1.01. The molecule has 2 heteroatoms. The Balaban J connectivity index is 0.000000640. The molecule has 0 aromatic carbocycles. The van der Waals surface area contributed by atoms with Gasteiger partial charge in [-0.3, -0.25) is 0 Å². The number of aliphatic imine (C=N–C) groups is 1. The van der Waals surface area contributed by atoms with Crippen LogP contribution in [0.4, 0.5) is 0 Å². The average molecular weight is 195 g/mol. The minimum Gasteiger partial charge on any atom is -0.394 e. The van der Waals surface area contributed by atoms with Crippen molar-refractivity contribution in [3.8, 4) is 0 Å². The average Bonchev–Trinajstić information content (AvgIpc) is 1.94. The molecule has 1 unspecified atom stereocenters. The molecule has 0 spiro atoms. The second-order valence-electron chi connectivity index (χ2n) is 1.82. The van der Waals surface area contributed by atoms with Gasteiger partial charge >= 0.3 is 0 Å². The molecule has 0 amide bonds. The van der Waals surface area contributed by atoms with Crippen molar-refractivity contribution in [2.75, 3.05) is 0 Å². The number of hydrogen-bond donors (Lipinski definition) is 0. The predicted molar refractivity (Wildman–Crippen MR) is 34.9 cm³/mol. The van der Waals surface area contributed by atoms with Crippen molar-refractivity contribution in [3.63, 3.8) is 0 Å². The van der Waals surface area contributed by atoms with E-state index in [-0.39, 0.29) is 32.7 Å². The van der Waals surface area contributed by atoms with Gasteiger partial charge in [-0.05, 0) is 0 Å². The van der Waals surface area contributed by atoms with E-state index < -0.39 is 0 Å². The van der Waals surface area contributed by atoms with Crippen LogP contribution in [0.5, 0.6) is 0 Å². The number of allylic oxidation sites excluding steroid dienone is 3. The molecule has 0 aliphatic carbocycles. The van der Waals surface area contributed by atoms with E-state index in [1.54, 1.807) is 6.20 Å². The molecule has 45 valence electrons. The van der Waals surface area contributed by atoms with Gasteiger partial charge in [-0.1, -0.05) is 25.3 Å². The third-order valence-corrected chi connectivity index (χ3v) is 1.01. The summed E-state index contributed by atoms with van der Waals surface area (Å²) < 4.78 is 0. The molecule has 9 heavy (non-hydrogen) atoms. The summed E-state index contributed by atoms with van der Waals surface area (Å²) >= 11 is 0. The summed E-state index contributed by atoms with van der Waals surface area (Å²) in [5, 5.41) is 0. The quantitative estimate of drug-likeness (QED) is 0.521. The Bertz CT molecular complexity index is 131. The molecular weight excluding hydrogens is 187 g/mol. The van der Waals surface area contributed by atoms with Gasteiger partial charge < -0.3 is 4.99 Å². The molecule has 0 N–H and O–H groups in total. The molecule has 1 radical (unpaired) electrons. The summed E-state index contributed by atoms with van der Waals surface area (Å²) in [5.41, 5.74) is 0. The summed E-state index contributed by atoms with van der Waals surface area (Å²) in [6.07, 6.45) is 10.4. The maximum absolute atomic E-state index is 3.80. The van der Waals surface area contributed by atoms with Crippen LogP contribution in [0.25, 0.3) is 0 Å². The first-order valence-corrected chi connectivity index (χ1v) is 2.68. The zero-order chi connectivity index (χ0) is 5.82. The molecule has 0 bridgehead atoms. The Morgan fingerprint density at radius 2 is 2.22 bits per heavy atom. The van der Waals surface area contributed by atoms with E-state index in [9.17, 15) is 0 Å². The van der Waals surface area contributed by atoms with Gasteiger partial charge in [-0.25, -0.2) is 0 Å². The van der Waals surface area contributed by atoms with E-state index >= 15 is 0 Å². The SMILES string of the molecule is CC1C=C[C-]=NC=C1.[Y]. The molecule has 0 aromatic rings. The van der Waals surface area contributed by atoms with Crippen molar-refractivity contribution < 1.29 is 32.7 Å². The summed E-state index contributed by atoms with van der Waals surface area (Å²) in [6, 6.07) is 0. The number of nitrogens with zero attached hydrogens (tertiary/aromatic N) is 1. The zero-order valence-electron chi connectivity index (χ0n) is 5.41. The summed E-state index contributed by atoms with van der Waals surface area (Å²) in [4.78, 5) is 3.80. The van der Waals surface area contributed by atoms with Crippen LogP contribution < -0.4 is 0 Å². The van der Waals surface area contributed by atoms with Gasteiger partial charge in [-0.2, -0.15) is 12.2 Å². The van der Waals surface area contributed by atoms with E-state index in [1.807, 2.05) is 18.2 Å². The van der Waals surface area contributed by atoms with Gasteiger partial charge in [0, 0.05) is 32.7 Å². The topological polar surface area (TPSA) is 12.4 Å². The molecule has 1 aliphatic heterocycles. The maximum Gasteiger partial charge on any atom is 0 e. The van der Waals surface area contributed by atoms with E-state index in [0.29, 0.717) is 5.92 Å². The first-order chi connectivity index (χ1) is 3.89. The van der Waals surface area contributed by atoms with Crippen LogP contribution in [-0.2, 0) is 32.7 Å². The van der Waals surface area contributed by atoms with E-state index in [1.165, 1.54) is 0 Å². The molecular formula is C7H8NY-. The van der Waals surface area contributed by atoms with E-state index in [4.69, 9.17) is 0 Å². The predicted octanol–water partition coefficient (Wildman–Crippen LogP) is 1.65. The maximum atomic E-state index is 3.80. The third kappa shape index (κ3) is 3.77. The molecule has 0 saturated carbocycles. The molecule has 0 fully saturated rings. The van der Waals surface area contributed by atoms with Gasteiger partial charge in [-0.15, -0.1) is 6.08 Å². The van der Waals surface area contributed by atoms with Crippen LogP contribution in [0.2, 0.25) is 0 Å². The summed E-state index contributed by atoms with van der Waals surface area (Å²) in [7, 11) is 0. The van der Waals surface area contributed by atoms with Crippen LogP contribution in [0, 0.1) is 5.92 Å². The van der Waals surface area contributed by atoms with E-state index in [2.05, 4.69) is 18.1 Å². The fourth-order valence-electron chi connectivity index (χ4n) is 0.524. The molecule has 0 aromatic heterocycles. The molecule has 1 aliphatic rings. The van der Waals surface area contributed by atoms with Crippen molar-refractivity contribution >= 4 is 6.21 Å². The van der Waals surface area contributed by atoms with Gasteiger partial charge in [0.25, 0.3) is 0 Å². The Morgan fingerprint density at radius 1 is 1.44 bits per heavy atom. The Labute approximate surface area is 80.8 Å². The molecule has 1 heterocycles. The summed E-state index contributed by atoms with van der Waals surface area (Å²) in [6.45, 7) is 2.11. The Morgan fingerprint density at radius 3 is 3.00 bits per heavy atom. The second kappa shape index (κ2) is 5.07. The van der Waals surface area contributed by atoms with Crippen LogP contribution >= 0.6 is 0 Å². The monoisotopic (exact) mass is 195 g/mol. The number of hydrogen-bond acceptors (Lipinski definition) is 1. The fourth-order valence-corrected chi connectivity index (χ4v) is 0.524. The van der Waals surface area contributed by atoms with Crippen molar-refractivity contribution in [2.45, 2.75) is 6.92 Å². The second-order valence-corrected chi connectivity index (χ2v) is 1.82. The summed E-state index contributed by atoms with van der Waals surface area (Å²) in [5.74, 6) is 0.508. The standard InChI is InChI=1S/C7H8N.Y/c1-7-3-2-5-8-6-4-7;/h2-4,6-7H,1H3;/q-1;. The van der Waals surface area contributed by atoms with Crippen LogP contribution in [0.1, 0.15) is 6.92 Å². The van der Waals surface area contributed by atoms with Crippen LogP contribution in [0.3, 0.4) is 0 Å². The van der Waals surface area contributed by atoms with Crippen LogP contribution in [-0.4, -0.2) is 6.21 Å². The largest absolute Gasteiger partial charge is 0.394 e. The van der Waals surface area contributed by atoms with Gasteiger partial charge in [0.05, 0.1) is 0 Å². The van der Waals surface area contributed by atoms with Crippen molar-refractivity contribution in [1.29, 1.82) is 0 Å². The number of rotatable bonds is 0. The van der Waals surface area contributed by atoms with Gasteiger partial charge in [0.2, 0.25) is 0 Å². The van der Waals surface area contributed by atoms with Gasteiger partial charge in [0.1, 0.15) is 0 Å². The first kappa shape index (κ1) is 9.25. The fraction of sp³-hybridized carbons (Fsp3) is 0.286. The molecule has 1 nitrogen and oxygen atoms in total.